The zero-order valence-corrected chi connectivity index (χ0v) is 10.6. The molecule has 3 N–H and O–H groups in total. The minimum atomic E-state index is 0.160. The first-order valence-corrected chi connectivity index (χ1v) is 6.44. The van der Waals surface area contributed by atoms with Gasteiger partial charge in [0.2, 0.25) is 5.91 Å². The van der Waals surface area contributed by atoms with E-state index >= 15 is 0 Å². The minimum Gasteiger partial charge on any atom is -0.508 e. The van der Waals surface area contributed by atoms with Crippen LogP contribution in [-0.2, 0) is 11.2 Å². The SMILES string of the molecule is CC(Cc1ccc(O)cc1)NCC1CCC(=O)N1. The quantitative estimate of drug-likeness (QED) is 0.733. The zero-order valence-electron chi connectivity index (χ0n) is 10.6. The van der Waals surface area contributed by atoms with Gasteiger partial charge in [-0.1, -0.05) is 12.1 Å². The van der Waals surface area contributed by atoms with Crippen molar-refractivity contribution >= 4 is 5.91 Å². The Balaban J connectivity index is 1.73. The van der Waals surface area contributed by atoms with Crippen molar-refractivity contribution < 1.29 is 9.90 Å². The van der Waals surface area contributed by atoms with E-state index in [4.69, 9.17) is 0 Å². The van der Waals surface area contributed by atoms with E-state index in [1.807, 2.05) is 12.1 Å². The topological polar surface area (TPSA) is 61.4 Å². The van der Waals surface area contributed by atoms with Crippen LogP contribution in [0.25, 0.3) is 0 Å². The van der Waals surface area contributed by atoms with Crippen molar-refractivity contribution in [1.82, 2.24) is 10.6 Å². The fourth-order valence-electron chi connectivity index (χ4n) is 2.23. The summed E-state index contributed by atoms with van der Waals surface area (Å²) in [7, 11) is 0. The first kappa shape index (κ1) is 12.9. The average molecular weight is 248 g/mol. The largest absolute Gasteiger partial charge is 0.508 e. The number of rotatable bonds is 5. The minimum absolute atomic E-state index is 0.160. The third-order valence-electron chi connectivity index (χ3n) is 3.28. The summed E-state index contributed by atoms with van der Waals surface area (Å²) >= 11 is 0. The molecule has 0 aromatic heterocycles. The smallest absolute Gasteiger partial charge is 0.220 e. The van der Waals surface area contributed by atoms with Crippen molar-refractivity contribution in [1.29, 1.82) is 0 Å². The third-order valence-corrected chi connectivity index (χ3v) is 3.28. The van der Waals surface area contributed by atoms with E-state index in [-0.39, 0.29) is 11.9 Å². The molecule has 1 aromatic rings. The lowest BCUT2D eigenvalue weighted by Gasteiger charge is -2.17. The Morgan fingerprint density at radius 3 is 2.78 bits per heavy atom. The number of benzene rings is 1. The summed E-state index contributed by atoms with van der Waals surface area (Å²) in [5, 5.41) is 15.6. The van der Waals surface area contributed by atoms with Crippen LogP contribution in [0.15, 0.2) is 24.3 Å². The van der Waals surface area contributed by atoms with Crippen LogP contribution in [0.3, 0.4) is 0 Å². The molecule has 1 aromatic carbocycles. The monoisotopic (exact) mass is 248 g/mol. The molecule has 2 unspecified atom stereocenters. The lowest BCUT2D eigenvalue weighted by atomic mass is 10.1. The third kappa shape index (κ3) is 3.74. The first-order valence-electron chi connectivity index (χ1n) is 6.44. The Morgan fingerprint density at radius 1 is 1.44 bits per heavy atom. The molecule has 18 heavy (non-hydrogen) atoms. The number of amides is 1. The van der Waals surface area contributed by atoms with Gasteiger partial charge in [0.15, 0.2) is 0 Å². The predicted molar refractivity (Wildman–Crippen MR) is 70.4 cm³/mol. The van der Waals surface area contributed by atoms with Gasteiger partial charge in [0, 0.05) is 25.0 Å². The van der Waals surface area contributed by atoms with E-state index in [0.717, 1.165) is 19.4 Å². The van der Waals surface area contributed by atoms with Gasteiger partial charge in [-0.3, -0.25) is 4.79 Å². The fourth-order valence-corrected chi connectivity index (χ4v) is 2.23. The van der Waals surface area contributed by atoms with Gasteiger partial charge in [0.25, 0.3) is 0 Å². The number of phenols is 1. The molecule has 1 fully saturated rings. The number of aromatic hydroxyl groups is 1. The maximum Gasteiger partial charge on any atom is 0.220 e. The van der Waals surface area contributed by atoms with E-state index in [9.17, 15) is 9.90 Å². The number of hydrogen-bond donors (Lipinski definition) is 3. The summed E-state index contributed by atoms with van der Waals surface area (Å²) in [4.78, 5) is 11.1. The molecule has 4 nitrogen and oxygen atoms in total. The second-order valence-corrected chi connectivity index (χ2v) is 4.98. The maximum atomic E-state index is 11.1. The molecule has 1 aliphatic rings. The van der Waals surface area contributed by atoms with Gasteiger partial charge in [-0.15, -0.1) is 0 Å². The van der Waals surface area contributed by atoms with Crippen molar-refractivity contribution in [3.8, 4) is 5.75 Å². The second kappa shape index (κ2) is 5.87. The van der Waals surface area contributed by atoms with Crippen LogP contribution in [0, 0.1) is 0 Å². The molecule has 1 aliphatic heterocycles. The molecule has 0 spiro atoms. The summed E-state index contributed by atoms with van der Waals surface area (Å²) in [6, 6.07) is 7.92. The molecule has 0 aliphatic carbocycles. The molecular formula is C14H20N2O2. The van der Waals surface area contributed by atoms with Crippen molar-refractivity contribution in [3.63, 3.8) is 0 Å². The molecule has 98 valence electrons. The Kier molecular flexibility index (Phi) is 4.20. The molecule has 1 amide bonds. The first-order chi connectivity index (χ1) is 8.63. The second-order valence-electron chi connectivity index (χ2n) is 4.98. The highest BCUT2D eigenvalue weighted by Crippen LogP contribution is 2.11. The zero-order chi connectivity index (χ0) is 13.0. The average Bonchev–Trinajstić information content (AvgIpc) is 2.76. The van der Waals surface area contributed by atoms with Gasteiger partial charge in [-0.2, -0.15) is 0 Å². The molecule has 2 rings (SSSR count). The van der Waals surface area contributed by atoms with Crippen molar-refractivity contribution in [3.05, 3.63) is 29.8 Å². The molecular weight excluding hydrogens is 228 g/mol. The number of nitrogens with one attached hydrogen (secondary N) is 2. The predicted octanol–water partition coefficient (Wildman–Crippen LogP) is 1.19. The highest BCUT2D eigenvalue weighted by Gasteiger charge is 2.20. The van der Waals surface area contributed by atoms with Crippen LogP contribution in [0.4, 0.5) is 0 Å². The highest BCUT2D eigenvalue weighted by molar-refractivity contribution is 5.78. The summed E-state index contributed by atoms with van der Waals surface area (Å²) in [5.41, 5.74) is 1.20. The van der Waals surface area contributed by atoms with E-state index in [0.29, 0.717) is 18.2 Å². The van der Waals surface area contributed by atoms with Crippen molar-refractivity contribution in [2.24, 2.45) is 0 Å². The van der Waals surface area contributed by atoms with Gasteiger partial charge >= 0.3 is 0 Å². The molecule has 1 saturated heterocycles. The lowest BCUT2D eigenvalue weighted by Crippen LogP contribution is -2.40. The number of carbonyl (C=O) groups is 1. The lowest BCUT2D eigenvalue weighted by molar-refractivity contribution is -0.119. The van der Waals surface area contributed by atoms with Crippen LogP contribution >= 0.6 is 0 Å². The van der Waals surface area contributed by atoms with Crippen LogP contribution in [0.2, 0.25) is 0 Å². The maximum absolute atomic E-state index is 11.1. The van der Waals surface area contributed by atoms with E-state index < -0.39 is 0 Å². The molecule has 1 heterocycles. The number of phenolic OH excluding ortho intramolecular Hbond substituents is 1. The van der Waals surface area contributed by atoms with E-state index in [1.165, 1.54) is 5.56 Å². The summed E-state index contributed by atoms with van der Waals surface area (Å²) in [6.07, 6.45) is 2.50. The Morgan fingerprint density at radius 2 is 2.17 bits per heavy atom. The van der Waals surface area contributed by atoms with Crippen LogP contribution in [-0.4, -0.2) is 29.6 Å². The van der Waals surface area contributed by atoms with E-state index in [2.05, 4.69) is 17.6 Å². The van der Waals surface area contributed by atoms with Crippen molar-refractivity contribution in [2.45, 2.75) is 38.3 Å². The molecule has 4 heteroatoms. The summed E-state index contributed by atoms with van der Waals surface area (Å²) < 4.78 is 0. The Labute approximate surface area is 107 Å². The molecule has 0 bridgehead atoms. The molecule has 2 atom stereocenters. The Hall–Kier alpha value is -1.55. The Bertz CT molecular complexity index is 403. The fraction of sp³-hybridized carbons (Fsp3) is 0.500. The normalized spacial score (nSPS) is 20.7. The number of carbonyl (C=O) groups excluding carboxylic acids is 1. The van der Waals surface area contributed by atoms with Crippen molar-refractivity contribution in [2.75, 3.05) is 6.54 Å². The van der Waals surface area contributed by atoms with Gasteiger partial charge in [-0.25, -0.2) is 0 Å². The molecule has 0 saturated carbocycles. The standard InChI is InChI=1S/C14H20N2O2/c1-10(8-11-2-5-13(17)6-3-11)15-9-12-4-7-14(18)16-12/h2-3,5-6,10,12,15,17H,4,7-9H2,1H3,(H,16,18). The van der Waals surface area contributed by atoms with Gasteiger partial charge in [0.05, 0.1) is 0 Å². The van der Waals surface area contributed by atoms with E-state index in [1.54, 1.807) is 12.1 Å². The van der Waals surface area contributed by atoms with Crippen LogP contribution in [0.5, 0.6) is 5.75 Å². The summed E-state index contributed by atoms with van der Waals surface area (Å²) in [5.74, 6) is 0.459. The van der Waals surface area contributed by atoms with Gasteiger partial charge < -0.3 is 15.7 Å². The highest BCUT2D eigenvalue weighted by atomic mass is 16.3. The van der Waals surface area contributed by atoms with Crippen LogP contribution in [0.1, 0.15) is 25.3 Å². The molecule has 0 radical (unpaired) electrons. The van der Waals surface area contributed by atoms with Gasteiger partial charge in [0.1, 0.15) is 5.75 Å². The number of hydrogen-bond acceptors (Lipinski definition) is 3. The van der Waals surface area contributed by atoms with Gasteiger partial charge in [-0.05, 0) is 37.5 Å². The summed E-state index contributed by atoms with van der Waals surface area (Å²) in [6.45, 7) is 2.95. The van der Waals surface area contributed by atoms with Crippen LogP contribution < -0.4 is 10.6 Å².